The molecule has 0 amide bonds. The van der Waals surface area contributed by atoms with Crippen LogP contribution < -0.4 is 10.1 Å². The molecule has 0 saturated carbocycles. The summed E-state index contributed by atoms with van der Waals surface area (Å²) in [4.78, 5) is 0.254. The molecule has 0 saturated heterocycles. The van der Waals surface area contributed by atoms with Gasteiger partial charge in [0.05, 0.1) is 4.90 Å². The third-order valence-corrected chi connectivity index (χ3v) is 4.11. The molecule has 0 heterocycles. The third-order valence-electron chi connectivity index (χ3n) is 3.00. The van der Waals surface area contributed by atoms with Crippen LogP contribution in [0.4, 0.5) is 0 Å². The van der Waals surface area contributed by atoms with Gasteiger partial charge in [0.15, 0.2) is 9.84 Å². The van der Waals surface area contributed by atoms with Gasteiger partial charge in [0.1, 0.15) is 11.5 Å². The van der Waals surface area contributed by atoms with Crippen LogP contribution >= 0.6 is 0 Å². The van der Waals surface area contributed by atoms with Gasteiger partial charge < -0.3 is 10.1 Å². The van der Waals surface area contributed by atoms with Crippen molar-refractivity contribution >= 4 is 9.84 Å². The summed E-state index contributed by atoms with van der Waals surface area (Å²) in [7, 11) is -3.23. The fraction of sp³-hybridized carbons (Fsp3) is 0.250. The molecule has 112 valence electrons. The Kier molecular flexibility index (Phi) is 4.98. The van der Waals surface area contributed by atoms with E-state index < -0.39 is 9.84 Å². The zero-order valence-electron chi connectivity index (χ0n) is 12.2. The molecule has 0 aromatic heterocycles. The van der Waals surface area contributed by atoms with Gasteiger partial charge in [0.2, 0.25) is 0 Å². The fourth-order valence-electron chi connectivity index (χ4n) is 1.90. The van der Waals surface area contributed by atoms with Crippen molar-refractivity contribution < 1.29 is 13.2 Å². The van der Waals surface area contributed by atoms with E-state index in [2.05, 4.69) is 5.32 Å². The van der Waals surface area contributed by atoms with Crippen molar-refractivity contribution in [2.75, 3.05) is 12.8 Å². The smallest absolute Gasteiger partial charge is 0.175 e. The third kappa shape index (κ3) is 4.31. The van der Waals surface area contributed by atoms with Gasteiger partial charge in [-0.25, -0.2) is 8.42 Å². The molecule has 0 atom stereocenters. The van der Waals surface area contributed by atoms with E-state index in [0.29, 0.717) is 12.3 Å². The van der Waals surface area contributed by atoms with Gasteiger partial charge in [-0.15, -0.1) is 0 Å². The average Bonchev–Trinajstić information content (AvgIpc) is 2.46. The van der Waals surface area contributed by atoms with Crippen LogP contribution in [-0.4, -0.2) is 21.2 Å². The van der Waals surface area contributed by atoms with E-state index >= 15 is 0 Å². The number of ether oxygens (including phenoxy) is 1. The maximum atomic E-state index is 11.6. The molecule has 2 aromatic rings. The minimum Gasteiger partial charge on any atom is -0.457 e. The largest absolute Gasteiger partial charge is 0.457 e. The Morgan fingerprint density at radius 3 is 2.57 bits per heavy atom. The number of nitrogens with one attached hydrogen (secondary N) is 1. The lowest BCUT2D eigenvalue weighted by Crippen LogP contribution is -2.12. The highest BCUT2D eigenvalue weighted by Gasteiger charge is 2.09. The van der Waals surface area contributed by atoms with Crippen LogP contribution in [0.2, 0.25) is 0 Å². The van der Waals surface area contributed by atoms with Crippen molar-refractivity contribution in [3.05, 3.63) is 54.1 Å². The average molecular weight is 305 g/mol. The molecule has 2 aromatic carbocycles. The highest BCUT2D eigenvalue weighted by molar-refractivity contribution is 7.90. The maximum absolute atomic E-state index is 11.6. The number of benzene rings is 2. The van der Waals surface area contributed by atoms with E-state index in [1.54, 1.807) is 24.3 Å². The zero-order chi connectivity index (χ0) is 15.3. The summed E-state index contributed by atoms with van der Waals surface area (Å²) in [6.45, 7) is 3.62. The van der Waals surface area contributed by atoms with Gasteiger partial charge in [-0.3, -0.25) is 0 Å². The molecule has 0 unspecified atom stereocenters. The molecule has 4 nitrogen and oxygen atoms in total. The van der Waals surface area contributed by atoms with E-state index in [9.17, 15) is 8.42 Å². The first-order valence-corrected chi connectivity index (χ1v) is 8.66. The Balaban J connectivity index is 2.26. The molecule has 0 aliphatic heterocycles. The van der Waals surface area contributed by atoms with Crippen molar-refractivity contribution in [1.82, 2.24) is 5.32 Å². The van der Waals surface area contributed by atoms with Crippen LogP contribution in [0.1, 0.15) is 12.5 Å². The number of rotatable bonds is 6. The summed E-state index contributed by atoms with van der Waals surface area (Å²) in [5.41, 5.74) is 1.03. The topological polar surface area (TPSA) is 55.4 Å². The van der Waals surface area contributed by atoms with Gasteiger partial charge in [0, 0.05) is 18.4 Å². The molecule has 0 radical (unpaired) electrons. The minimum absolute atomic E-state index is 0.254. The predicted octanol–water partition coefficient (Wildman–Crippen LogP) is 2.99. The number of hydrogen-bond acceptors (Lipinski definition) is 4. The molecule has 21 heavy (non-hydrogen) atoms. The van der Waals surface area contributed by atoms with Crippen LogP contribution in [0.3, 0.4) is 0 Å². The van der Waals surface area contributed by atoms with E-state index in [4.69, 9.17) is 4.74 Å². The van der Waals surface area contributed by atoms with Gasteiger partial charge in [-0.2, -0.15) is 0 Å². The van der Waals surface area contributed by atoms with Crippen molar-refractivity contribution in [2.45, 2.75) is 18.4 Å². The molecular formula is C16H19NO3S. The first-order chi connectivity index (χ1) is 10.0. The SMILES string of the molecule is CCNCc1ccccc1Oc1cccc(S(C)(=O)=O)c1. The molecule has 0 fully saturated rings. The summed E-state index contributed by atoms with van der Waals surface area (Å²) in [5.74, 6) is 1.24. The van der Waals surface area contributed by atoms with Crippen molar-refractivity contribution in [3.63, 3.8) is 0 Å². The first kappa shape index (κ1) is 15.5. The van der Waals surface area contributed by atoms with Crippen LogP contribution in [0, 0.1) is 0 Å². The molecule has 1 N–H and O–H groups in total. The van der Waals surface area contributed by atoms with E-state index in [0.717, 1.165) is 17.9 Å². The summed E-state index contributed by atoms with van der Waals surface area (Å²) in [6, 6.07) is 14.2. The van der Waals surface area contributed by atoms with Gasteiger partial charge in [-0.1, -0.05) is 31.2 Å². The second kappa shape index (κ2) is 6.74. The second-order valence-corrected chi connectivity index (χ2v) is 6.75. The lowest BCUT2D eigenvalue weighted by molar-refractivity contribution is 0.471. The Morgan fingerprint density at radius 2 is 1.86 bits per heavy atom. The van der Waals surface area contributed by atoms with Crippen LogP contribution in [0.5, 0.6) is 11.5 Å². The number of hydrogen-bond donors (Lipinski definition) is 1. The Labute approximate surface area is 125 Å². The van der Waals surface area contributed by atoms with Crippen molar-refractivity contribution in [1.29, 1.82) is 0 Å². The molecule has 0 bridgehead atoms. The monoisotopic (exact) mass is 305 g/mol. The normalized spacial score (nSPS) is 11.3. The van der Waals surface area contributed by atoms with Crippen molar-refractivity contribution in [3.8, 4) is 11.5 Å². The Morgan fingerprint density at radius 1 is 1.10 bits per heavy atom. The van der Waals surface area contributed by atoms with E-state index in [-0.39, 0.29) is 4.90 Å². The summed E-state index contributed by atoms with van der Waals surface area (Å²) in [6.07, 6.45) is 1.19. The molecule has 0 aliphatic rings. The fourth-order valence-corrected chi connectivity index (χ4v) is 2.56. The van der Waals surface area contributed by atoms with E-state index in [1.165, 1.54) is 6.26 Å². The minimum atomic E-state index is -3.23. The van der Waals surface area contributed by atoms with Crippen LogP contribution in [-0.2, 0) is 16.4 Å². The summed E-state index contributed by atoms with van der Waals surface area (Å²) >= 11 is 0. The Hall–Kier alpha value is -1.85. The van der Waals surface area contributed by atoms with Gasteiger partial charge in [0.25, 0.3) is 0 Å². The van der Waals surface area contributed by atoms with E-state index in [1.807, 2.05) is 31.2 Å². The highest BCUT2D eigenvalue weighted by Crippen LogP contribution is 2.26. The lowest BCUT2D eigenvalue weighted by atomic mass is 10.2. The molecule has 5 heteroatoms. The van der Waals surface area contributed by atoms with Gasteiger partial charge in [-0.05, 0) is 30.8 Å². The highest BCUT2D eigenvalue weighted by atomic mass is 32.2. The van der Waals surface area contributed by atoms with Crippen LogP contribution in [0.25, 0.3) is 0 Å². The quantitative estimate of drug-likeness (QED) is 0.891. The summed E-state index contributed by atoms with van der Waals surface area (Å²) in [5, 5.41) is 3.25. The summed E-state index contributed by atoms with van der Waals surface area (Å²) < 4.78 is 29.0. The first-order valence-electron chi connectivity index (χ1n) is 6.77. The Bertz CT molecular complexity index is 711. The second-order valence-electron chi connectivity index (χ2n) is 4.74. The molecule has 0 spiro atoms. The standard InChI is InChI=1S/C16H19NO3S/c1-3-17-12-13-7-4-5-10-16(13)20-14-8-6-9-15(11-14)21(2,18)19/h4-11,17H,3,12H2,1-2H3. The zero-order valence-corrected chi connectivity index (χ0v) is 13.0. The lowest BCUT2D eigenvalue weighted by Gasteiger charge is -2.12. The maximum Gasteiger partial charge on any atom is 0.175 e. The number of sulfone groups is 1. The van der Waals surface area contributed by atoms with Crippen molar-refractivity contribution in [2.24, 2.45) is 0 Å². The molecule has 2 rings (SSSR count). The van der Waals surface area contributed by atoms with Gasteiger partial charge >= 0.3 is 0 Å². The molecule has 0 aliphatic carbocycles. The predicted molar refractivity (Wildman–Crippen MR) is 83.4 cm³/mol. The molecular weight excluding hydrogens is 286 g/mol. The number of para-hydroxylation sites is 1. The van der Waals surface area contributed by atoms with Crippen LogP contribution in [0.15, 0.2) is 53.4 Å².